The van der Waals surface area contributed by atoms with Crippen molar-refractivity contribution in [3.8, 4) is 6.07 Å². The van der Waals surface area contributed by atoms with Crippen LogP contribution in [0, 0.1) is 17.1 Å². The van der Waals surface area contributed by atoms with Crippen LogP contribution in [0.1, 0.15) is 11.1 Å². The number of urea groups is 1. The van der Waals surface area contributed by atoms with Crippen molar-refractivity contribution in [1.82, 2.24) is 4.98 Å². The lowest BCUT2D eigenvalue weighted by Crippen LogP contribution is -2.19. The highest BCUT2D eigenvalue weighted by Gasteiger charge is 2.30. The SMILES string of the molecule is N#Cc1cc(F)cc(NC(=O)Nc2nc3ccc(C(F)(F)F)cc3s2)c1. The second kappa shape index (κ2) is 6.61. The summed E-state index contributed by atoms with van der Waals surface area (Å²) in [6.45, 7) is 0. The molecule has 0 spiro atoms. The molecule has 0 aliphatic rings. The van der Waals surface area contributed by atoms with Gasteiger partial charge in [-0.25, -0.2) is 14.2 Å². The average Bonchev–Trinajstić information content (AvgIpc) is 2.94. The topological polar surface area (TPSA) is 77.8 Å². The van der Waals surface area contributed by atoms with E-state index in [9.17, 15) is 22.4 Å². The number of alkyl halides is 3. The smallest absolute Gasteiger partial charge is 0.308 e. The number of amides is 2. The molecular formula is C16H8F4N4OS. The number of nitrogens with one attached hydrogen (secondary N) is 2. The van der Waals surface area contributed by atoms with Crippen molar-refractivity contribution >= 4 is 38.4 Å². The van der Waals surface area contributed by atoms with Crippen LogP contribution in [0.4, 0.5) is 33.2 Å². The van der Waals surface area contributed by atoms with Gasteiger partial charge in [-0.3, -0.25) is 5.32 Å². The third-order valence-corrected chi connectivity index (χ3v) is 4.15. The van der Waals surface area contributed by atoms with Gasteiger partial charge in [0.25, 0.3) is 0 Å². The highest BCUT2D eigenvalue weighted by molar-refractivity contribution is 7.22. The minimum Gasteiger partial charge on any atom is -0.308 e. The third-order valence-electron chi connectivity index (χ3n) is 3.22. The van der Waals surface area contributed by atoms with Gasteiger partial charge in [-0.2, -0.15) is 18.4 Å². The number of aromatic nitrogens is 1. The molecule has 1 heterocycles. The van der Waals surface area contributed by atoms with E-state index < -0.39 is 23.6 Å². The summed E-state index contributed by atoms with van der Waals surface area (Å²) in [6.07, 6.45) is -4.47. The highest BCUT2D eigenvalue weighted by Crippen LogP contribution is 2.34. The molecule has 0 aliphatic carbocycles. The van der Waals surface area contributed by atoms with Gasteiger partial charge in [0.05, 0.1) is 27.4 Å². The number of nitriles is 1. The fraction of sp³-hybridized carbons (Fsp3) is 0.0625. The van der Waals surface area contributed by atoms with Crippen LogP contribution in [0.5, 0.6) is 0 Å². The molecule has 0 saturated heterocycles. The minimum atomic E-state index is -4.47. The molecule has 0 saturated carbocycles. The number of hydrogen-bond acceptors (Lipinski definition) is 4. The van der Waals surface area contributed by atoms with Crippen molar-refractivity contribution in [3.05, 3.63) is 53.3 Å². The zero-order valence-electron chi connectivity index (χ0n) is 12.7. The van der Waals surface area contributed by atoms with Gasteiger partial charge in [0, 0.05) is 5.69 Å². The fourth-order valence-corrected chi connectivity index (χ4v) is 3.04. The number of anilines is 2. The Labute approximate surface area is 147 Å². The van der Waals surface area contributed by atoms with E-state index in [4.69, 9.17) is 5.26 Å². The second-order valence-corrected chi connectivity index (χ2v) is 6.15. The zero-order chi connectivity index (χ0) is 18.9. The monoisotopic (exact) mass is 380 g/mol. The Morgan fingerprint density at radius 2 is 1.92 bits per heavy atom. The molecule has 0 fully saturated rings. The van der Waals surface area contributed by atoms with Crippen LogP contribution in [0.3, 0.4) is 0 Å². The third kappa shape index (κ3) is 3.89. The summed E-state index contributed by atoms with van der Waals surface area (Å²) in [4.78, 5) is 16.0. The Kier molecular flexibility index (Phi) is 4.48. The molecule has 0 atom stereocenters. The molecule has 132 valence electrons. The van der Waals surface area contributed by atoms with E-state index in [1.54, 1.807) is 6.07 Å². The van der Waals surface area contributed by atoms with Gasteiger partial charge in [-0.05, 0) is 36.4 Å². The van der Waals surface area contributed by atoms with Crippen LogP contribution in [-0.2, 0) is 6.18 Å². The largest absolute Gasteiger partial charge is 0.416 e. The quantitative estimate of drug-likeness (QED) is 0.616. The molecular weight excluding hydrogens is 372 g/mol. The number of fused-ring (bicyclic) bond motifs is 1. The maximum Gasteiger partial charge on any atom is 0.416 e. The van der Waals surface area contributed by atoms with E-state index >= 15 is 0 Å². The van der Waals surface area contributed by atoms with E-state index in [1.807, 2.05) is 0 Å². The van der Waals surface area contributed by atoms with Crippen LogP contribution in [0.25, 0.3) is 10.2 Å². The first kappa shape index (κ1) is 17.6. The van der Waals surface area contributed by atoms with E-state index in [0.717, 1.165) is 35.6 Å². The van der Waals surface area contributed by atoms with Gasteiger partial charge < -0.3 is 5.32 Å². The van der Waals surface area contributed by atoms with Crippen molar-refractivity contribution in [1.29, 1.82) is 5.26 Å². The molecule has 26 heavy (non-hydrogen) atoms. The molecule has 3 aromatic rings. The van der Waals surface area contributed by atoms with Crippen molar-refractivity contribution < 1.29 is 22.4 Å². The fourth-order valence-electron chi connectivity index (χ4n) is 2.14. The normalized spacial score (nSPS) is 11.2. The Balaban J connectivity index is 1.77. The molecule has 10 heteroatoms. The maximum atomic E-state index is 13.3. The summed E-state index contributed by atoms with van der Waals surface area (Å²) in [5.74, 6) is -0.695. The van der Waals surface area contributed by atoms with Crippen LogP contribution in [0.15, 0.2) is 36.4 Å². The lowest BCUT2D eigenvalue weighted by Gasteiger charge is -2.05. The standard InChI is InChI=1S/C16H8F4N4OS/c17-10-3-8(7-21)4-11(6-10)22-14(25)24-15-23-12-2-1-9(16(18,19)20)5-13(12)26-15/h1-6H,(H2,22,23,24,25). The summed E-state index contributed by atoms with van der Waals surface area (Å²) in [6, 6.07) is 7.35. The molecule has 2 N–H and O–H groups in total. The number of benzene rings is 2. The summed E-state index contributed by atoms with van der Waals surface area (Å²) in [7, 11) is 0. The first-order chi connectivity index (χ1) is 12.2. The molecule has 5 nitrogen and oxygen atoms in total. The van der Waals surface area contributed by atoms with Gasteiger partial charge in [0.15, 0.2) is 5.13 Å². The Bertz CT molecular complexity index is 1040. The number of thiazole rings is 1. The Morgan fingerprint density at radius 3 is 2.62 bits per heavy atom. The van der Waals surface area contributed by atoms with Crippen LogP contribution in [-0.4, -0.2) is 11.0 Å². The molecule has 3 rings (SSSR count). The number of nitrogens with zero attached hydrogens (tertiary/aromatic N) is 2. The molecule has 0 radical (unpaired) electrons. The number of carbonyl (C=O) groups is 1. The molecule has 0 aliphatic heterocycles. The van der Waals surface area contributed by atoms with E-state index in [1.165, 1.54) is 12.1 Å². The van der Waals surface area contributed by atoms with Crippen LogP contribution < -0.4 is 10.6 Å². The van der Waals surface area contributed by atoms with Crippen LogP contribution in [0.2, 0.25) is 0 Å². The predicted octanol–water partition coefficient (Wildman–Crippen LogP) is 4.97. The predicted molar refractivity (Wildman–Crippen MR) is 88.4 cm³/mol. The van der Waals surface area contributed by atoms with Crippen molar-refractivity contribution in [3.63, 3.8) is 0 Å². The second-order valence-electron chi connectivity index (χ2n) is 5.12. The van der Waals surface area contributed by atoms with Gasteiger partial charge in [-0.1, -0.05) is 11.3 Å². The molecule has 0 bridgehead atoms. The summed E-state index contributed by atoms with van der Waals surface area (Å²) >= 11 is 0.868. The minimum absolute atomic E-state index is 0.0277. The summed E-state index contributed by atoms with van der Waals surface area (Å²) in [5, 5.41) is 13.6. The Hall–Kier alpha value is -3.19. The highest BCUT2D eigenvalue weighted by atomic mass is 32.1. The van der Waals surface area contributed by atoms with Gasteiger partial charge in [0.1, 0.15) is 5.82 Å². The van der Waals surface area contributed by atoms with Gasteiger partial charge >= 0.3 is 12.2 Å². The van der Waals surface area contributed by atoms with E-state index in [0.29, 0.717) is 5.52 Å². The Morgan fingerprint density at radius 1 is 1.15 bits per heavy atom. The first-order valence-electron chi connectivity index (χ1n) is 7.01. The molecule has 1 aromatic heterocycles. The summed E-state index contributed by atoms with van der Waals surface area (Å²) < 4.78 is 51.8. The van der Waals surface area contributed by atoms with E-state index in [2.05, 4.69) is 15.6 Å². The molecule has 0 unspecified atom stereocenters. The molecule has 2 aromatic carbocycles. The van der Waals surface area contributed by atoms with Crippen molar-refractivity contribution in [2.75, 3.05) is 10.6 Å². The zero-order valence-corrected chi connectivity index (χ0v) is 13.5. The van der Waals surface area contributed by atoms with Gasteiger partial charge in [-0.15, -0.1) is 0 Å². The van der Waals surface area contributed by atoms with E-state index in [-0.39, 0.29) is 21.1 Å². The number of halogens is 4. The van der Waals surface area contributed by atoms with Gasteiger partial charge in [0.2, 0.25) is 0 Å². The lowest BCUT2D eigenvalue weighted by atomic mass is 10.2. The number of rotatable bonds is 2. The maximum absolute atomic E-state index is 13.3. The van der Waals surface area contributed by atoms with Crippen molar-refractivity contribution in [2.24, 2.45) is 0 Å². The lowest BCUT2D eigenvalue weighted by molar-refractivity contribution is -0.137. The van der Waals surface area contributed by atoms with Crippen molar-refractivity contribution in [2.45, 2.75) is 6.18 Å². The average molecular weight is 380 g/mol. The number of hydrogen-bond donors (Lipinski definition) is 2. The molecule has 2 amide bonds. The first-order valence-corrected chi connectivity index (χ1v) is 7.83. The summed E-state index contributed by atoms with van der Waals surface area (Å²) in [5.41, 5.74) is -0.427. The van der Waals surface area contributed by atoms with Crippen LogP contribution >= 0.6 is 11.3 Å². The number of carbonyl (C=O) groups excluding carboxylic acids is 1.